The Morgan fingerprint density at radius 1 is 1.19 bits per heavy atom. The second-order valence-electron chi connectivity index (χ2n) is 4.90. The van der Waals surface area contributed by atoms with Gasteiger partial charge >= 0.3 is 0 Å². The van der Waals surface area contributed by atoms with Crippen LogP contribution >= 0.6 is 22.6 Å². The van der Waals surface area contributed by atoms with Crippen LogP contribution in [-0.4, -0.2) is 7.11 Å². The van der Waals surface area contributed by atoms with Gasteiger partial charge < -0.3 is 14.5 Å². The molecule has 3 nitrogen and oxygen atoms in total. The minimum Gasteiger partial charge on any atom is -0.493 e. The predicted molar refractivity (Wildman–Crippen MR) is 94.0 cm³/mol. The van der Waals surface area contributed by atoms with Crippen LogP contribution in [0.2, 0.25) is 0 Å². The first kappa shape index (κ1) is 14.3. The molecule has 4 heteroatoms. The Labute approximate surface area is 137 Å². The molecular weight excluding hydrogens is 377 g/mol. The quantitative estimate of drug-likeness (QED) is 0.636. The van der Waals surface area contributed by atoms with Crippen LogP contribution in [0.1, 0.15) is 11.3 Å². The molecule has 3 aromatic rings. The van der Waals surface area contributed by atoms with Gasteiger partial charge in [-0.15, -0.1) is 0 Å². The SMILES string of the molecule is COc1cccc2cc(CNc3ccc(I)cc3C)oc12. The van der Waals surface area contributed by atoms with E-state index in [0.717, 1.165) is 28.2 Å². The van der Waals surface area contributed by atoms with E-state index in [-0.39, 0.29) is 0 Å². The number of nitrogens with one attached hydrogen (secondary N) is 1. The standard InChI is InChI=1S/C17H16INO2/c1-11-8-13(18)6-7-15(11)19-10-14-9-12-4-3-5-16(20-2)17(12)21-14/h3-9,19H,10H2,1-2H3. The second kappa shape index (κ2) is 5.97. The molecule has 21 heavy (non-hydrogen) atoms. The van der Waals surface area contributed by atoms with Crippen molar-refractivity contribution in [1.82, 2.24) is 0 Å². The van der Waals surface area contributed by atoms with Gasteiger partial charge in [-0.2, -0.15) is 0 Å². The molecule has 0 amide bonds. The summed E-state index contributed by atoms with van der Waals surface area (Å²) in [6.45, 7) is 2.76. The highest BCUT2D eigenvalue weighted by Gasteiger charge is 2.08. The second-order valence-corrected chi connectivity index (χ2v) is 6.15. The maximum absolute atomic E-state index is 5.89. The minimum absolute atomic E-state index is 0.652. The molecule has 0 atom stereocenters. The summed E-state index contributed by atoms with van der Waals surface area (Å²) in [6.07, 6.45) is 0. The number of para-hydroxylation sites is 1. The number of hydrogen-bond donors (Lipinski definition) is 1. The third-order valence-electron chi connectivity index (χ3n) is 3.42. The van der Waals surface area contributed by atoms with Gasteiger partial charge in [-0.3, -0.25) is 0 Å². The molecule has 0 bridgehead atoms. The molecule has 0 saturated heterocycles. The Morgan fingerprint density at radius 3 is 2.81 bits per heavy atom. The average molecular weight is 393 g/mol. The summed E-state index contributed by atoms with van der Waals surface area (Å²) >= 11 is 2.32. The van der Waals surface area contributed by atoms with Crippen LogP contribution in [0.5, 0.6) is 5.75 Å². The Bertz CT molecular complexity index is 780. The first-order valence-electron chi connectivity index (χ1n) is 6.73. The molecule has 0 unspecified atom stereocenters. The monoisotopic (exact) mass is 393 g/mol. The molecule has 1 aromatic heterocycles. The van der Waals surface area contributed by atoms with Crippen LogP contribution in [0.15, 0.2) is 46.9 Å². The summed E-state index contributed by atoms with van der Waals surface area (Å²) in [7, 11) is 1.66. The fourth-order valence-electron chi connectivity index (χ4n) is 2.35. The first-order chi connectivity index (χ1) is 10.2. The van der Waals surface area contributed by atoms with E-state index in [1.807, 2.05) is 24.3 Å². The third kappa shape index (κ3) is 3.00. The van der Waals surface area contributed by atoms with E-state index in [2.05, 4.69) is 53.0 Å². The predicted octanol–water partition coefficient (Wildman–Crippen LogP) is 4.97. The molecule has 0 spiro atoms. The molecule has 1 N–H and O–H groups in total. The van der Waals surface area contributed by atoms with Gasteiger partial charge in [0.1, 0.15) is 5.76 Å². The lowest BCUT2D eigenvalue weighted by atomic mass is 10.2. The number of anilines is 1. The highest BCUT2D eigenvalue weighted by Crippen LogP contribution is 2.29. The van der Waals surface area contributed by atoms with E-state index in [4.69, 9.17) is 9.15 Å². The molecule has 2 aromatic carbocycles. The Balaban J connectivity index is 1.82. The number of halogens is 1. The van der Waals surface area contributed by atoms with Crippen LogP contribution in [0.25, 0.3) is 11.0 Å². The number of furan rings is 1. The summed E-state index contributed by atoms with van der Waals surface area (Å²) in [5.74, 6) is 1.66. The number of aryl methyl sites for hydroxylation is 1. The first-order valence-corrected chi connectivity index (χ1v) is 7.80. The molecule has 0 aliphatic heterocycles. The van der Waals surface area contributed by atoms with E-state index >= 15 is 0 Å². The topological polar surface area (TPSA) is 34.4 Å². The van der Waals surface area contributed by atoms with Crippen molar-refractivity contribution >= 4 is 39.2 Å². The molecule has 0 radical (unpaired) electrons. The zero-order valence-electron chi connectivity index (χ0n) is 11.9. The molecule has 0 aliphatic carbocycles. The van der Waals surface area contributed by atoms with Crippen molar-refractivity contribution < 1.29 is 9.15 Å². The fourth-order valence-corrected chi connectivity index (χ4v) is 2.99. The number of methoxy groups -OCH3 is 1. The van der Waals surface area contributed by atoms with E-state index < -0.39 is 0 Å². The van der Waals surface area contributed by atoms with Crippen molar-refractivity contribution in [2.75, 3.05) is 12.4 Å². The molecule has 0 saturated carbocycles. The summed E-state index contributed by atoms with van der Waals surface area (Å²) in [4.78, 5) is 0. The van der Waals surface area contributed by atoms with Gasteiger partial charge in [0.25, 0.3) is 0 Å². The van der Waals surface area contributed by atoms with Crippen molar-refractivity contribution in [1.29, 1.82) is 0 Å². The minimum atomic E-state index is 0.652. The van der Waals surface area contributed by atoms with Crippen LogP contribution in [0.3, 0.4) is 0 Å². The number of benzene rings is 2. The smallest absolute Gasteiger partial charge is 0.176 e. The number of rotatable bonds is 4. The normalized spacial score (nSPS) is 10.8. The maximum Gasteiger partial charge on any atom is 0.176 e. The molecule has 0 aliphatic rings. The fraction of sp³-hybridized carbons (Fsp3) is 0.176. The van der Waals surface area contributed by atoms with Crippen molar-refractivity contribution in [2.45, 2.75) is 13.5 Å². The molecular formula is C17H16INO2. The molecule has 3 rings (SSSR count). The van der Waals surface area contributed by atoms with Gasteiger partial charge in [0.2, 0.25) is 0 Å². The summed E-state index contributed by atoms with van der Waals surface area (Å²) in [5.41, 5.74) is 3.16. The van der Waals surface area contributed by atoms with Crippen LogP contribution < -0.4 is 10.1 Å². The summed E-state index contributed by atoms with van der Waals surface area (Å²) in [5, 5.41) is 4.48. The van der Waals surface area contributed by atoms with Crippen molar-refractivity contribution in [3.05, 3.63) is 57.4 Å². The van der Waals surface area contributed by atoms with Crippen LogP contribution in [0, 0.1) is 10.5 Å². The molecule has 0 fully saturated rings. The lowest BCUT2D eigenvalue weighted by Gasteiger charge is -2.08. The van der Waals surface area contributed by atoms with Gasteiger partial charge in [0, 0.05) is 14.6 Å². The Morgan fingerprint density at radius 2 is 2.05 bits per heavy atom. The third-order valence-corrected chi connectivity index (χ3v) is 4.09. The zero-order chi connectivity index (χ0) is 14.8. The van der Waals surface area contributed by atoms with E-state index in [9.17, 15) is 0 Å². The molecule has 1 heterocycles. The summed E-state index contributed by atoms with van der Waals surface area (Å²) in [6, 6.07) is 14.3. The van der Waals surface area contributed by atoms with Gasteiger partial charge in [-0.1, -0.05) is 12.1 Å². The Kier molecular flexibility index (Phi) is 4.05. The Hall–Kier alpha value is -1.69. The zero-order valence-corrected chi connectivity index (χ0v) is 14.1. The summed E-state index contributed by atoms with van der Waals surface area (Å²) < 4.78 is 12.4. The highest BCUT2D eigenvalue weighted by atomic mass is 127. The molecule has 108 valence electrons. The van der Waals surface area contributed by atoms with E-state index in [1.165, 1.54) is 9.13 Å². The number of hydrogen-bond acceptors (Lipinski definition) is 3. The van der Waals surface area contributed by atoms with Crippen LogP contribution in [-0.2, 0) is 6.54 Å². The van der Waals surface area contributed by atoms with Gasteiger partial charge in [0.15, 0.2) is 11.3 Å². The number of fused-ring (bicyclic) bond motifs is 1. The number of ether oxygens (including phenoxy) is 1. The average Bonchev–Trinajstić information content (AvgIpc) is 2.89. The lowest BCUT2D eigenvalue weighted by molar-refractivity contribution is 0.408. The van der Waals surface area contributed by atoms with Gasteiger partial charge in [-0.25, -0.2) is 0 Å². The van der Waals surface area contributed by atoms with Gasteiger partial charge in [0.05, 0.1) is 13.7 Å². The van der Waals surface area contributed by atoms with E-state index in [1.54, 1.807) is 7.11 Å². The van der Waals surface area contributed by atoms with Crippen molar-refractivity contribution in [3.8, 4) is 5.75 Å². The van der Waals surface area contributed by atoms with E-state index in [0.29, 0.717) is 6.54 Å². The van der Waals surface area contributed by atoms with Gasteiger partial charge in [-0.05, 0) is 65.4 Å². The lowest BCUT2D eigenvalue weighted by Crippen LogP contribution is -1.99. The van der Waals surface area contributed by atoms with Crippen molar-refractivity contribution in [2.24, 2.45) is 0 Å². The van der Waals surface area contributed by atoms with Crippen LogP contribution in [0.4, 0.5) is 5.69 Å². The van der Waals surface area contributed by atoms with Crippen molar-refractivity contribution in [3.63, 3.8) is 0 Å². The largest absolute Gasteiger partial charge is 0.493 e. The maximum atomic E-state index is 5.89. The highest BCUT2D eigenvalue weighted by molar-refractivity contribution is 14.1.